The molecule has 0 bridgehead atoms. The van der Waals surface area contributed by atoms with Crippen LogP contribution in [0, 0.1) is 0 Å². The van der Waals surface area contributed by atoms with Crippen LogP contribution < -0.4 is 4.74 Å². The minimum absolute atomic E-state index is 0.0714. The van der Waals surface area contributed by atoms with E-state index in [2.05, 4.69) is 25.9 Å². The van der Waals surface area contributed by atoms with Gasteiger partial charge in [-0.25, -0.2) is 0 Å². The number of phenolic OH excluding ortho intramolecular Hbond substituents is 1. The molecule has 0 amide bonds. The summed E-state index contributed by atoms with van der Waals surface area (Å²) in [4.78, 5) is 4.54. The van der Waals surface area contributed by atoms with Gasteiger partial charge >= 0.3 is 0 Å². The Morgan fingerprint density at radius 1 is 1.43 bits per heavy atom. The fourth-order valence-electron chi connectivity index (χ4n) is 0.937. The van der Waals surface area contributed by atoms with Gasteiger partial charge in [0.15, 0.2) is 11.5 Å². The van der Waals surface area contributed by atoms with Gasteiger partial charge in [0.1, 0.15) is 7.11 Å². The fourth-order valence-corrected chi connectivity index (χ4v) is 1.40. The maximum Gasteiger partial charge on any atom is 0.172 e. The van der Waals surface area contributed by atoms with Gasteiger partial charge in [-0.15, -0.1) is 0 Å². The number of phenols is 1. The zero-order valence-electron chi connectivity index (χ0n) is 7.82. The van der Waals surface area contributed by atoms with Gasteiger partial charge in [0.2, 0.25) is 0 Å². The van der Waals surface area contributed by atoms with Crippen LogP contribution in [0.1, 0.15) is 5.56 Å². The van der Waals surface area contributed by atoms with E-state index in [1.807, 2.05) is 0 Å². The third kappa shape index (κ3) is 2.38. The first kappa shape index (κ1) is 10.8. The minimum Gasteiger partial charge on any atom is -0.503 e. The molecule has 0 fully saturated rings. The quantitative estimate of drug-likeness (QED) is 0.669. The molecule has 0 saturated heterocycles. The van der Waals surface area contributed by atoms with Crippen molar-refractivity contribution < 1.29 is 14.7 Å². The lowest BCUT2D eigenvalue weighted by atomic mass is 10.2. The lowest BCUT2D eigenvalue weighted by Gasteiger charge is -2.05. The minimum atomic E-state index is 0.0714. The van der Waals surface area contributed by atoms with Crippen LogP contribution in [-0.4, -0.2) is 25.5 Å². The van der Waals surface area contributed by atoms with Crippen molar-refractivity contribution in [2.45, 2.75) is 0 Å². The van der Waals surface area contributed by atoms with E-state index in [1.165, 1.54) is 20.4 Å². The van der Waals surface area contributed by atoms with E-state index in [1.54, 1.807) is 12.1 Å². The molecule has 0 heterocycles. The molecule has 1 rings (SSSR count). The van der Waals surface area contributed by atoms with Gasteiger partial charge < -0.3 is 14.7 Å². The molecule has 1 aromatic carbocycles. The zero-order chi connectivity index (χ0) is 10.6. The van der Waals surface area contributed by atoms with Crippen LogP contribution in [0.5, 0.6) is 11.5 Å². The van der Waals surface area contributed by atoms with Crippen LogP contribution >= 0.6 is 15.9 Å². The highest BCUT2D eigenvalue weighted by Gasteiger charge is 2.07. The van der Waals surface area contributed by atoms with Crippen LogP contribution in [0.4, 0.5) is 0 Å². The molecule has 0 saturated carbocycles. The number of methoxy groups -OCH3 is 1. The van der Waals surface area contributed by atoms with E-state index in [4.69, 9.17) is 4.74 Å². The number of halogens is 1. The third-order valence-electron chi connectivity index (χ3n) is 1.58. The number of hydrogen-bond acceptors (Lipinski definition) is 4. The molecule has 0 atom stereocenters. The Hall–Kier alpha value is -1.23. The number of hydrogen-bond donors (Lipinski definition) is 1. The Labute approximate surface area is 90.3 Å². The van der Waals surface area contributed by atoms with E-state index in [-0.39, 0.29) is 5.75 Å². The van der Waals surface area contributed by atoms with E-state index in [9.17, 15) is 5.11 Å². The Kier molecular flexibility index (Phi) is 3.76. The number of oxime groups is 1. The number of benzene rings is 1. The predicted octanol–water partition coefficient (Wildman–Crippen LogP) is 2.14. The molecule has 76 valence electrons. The molecule has 0 aromatic heterocycles. The maximum absolute atomic E-state index is 9.50. The van der Waals surface area contributed by atoms with Crippen molar-refractivity contribution in [1.29, 1.82) is 0 Å². The SMILES string of the molecule is CO/N=C\c1cc(Br)c(O)c(OC)c1. The van der Waals surface area contributed by atoms with Crippen molar-refractivity contribution in [2.24, 2.45) is 5.16 Å². The first-order valence-corrected chi connectivity index (χ1v) is 4.61. The number of aromatic hydroxyl groups is 1. The summed E-state index contributed by atoms with van der Waals surface area (Å²) in [5.74, 6) is 0.457. The summed E-state index contributed by atoms with van der Waals surface area (Å²) in [5, 5.41) is 13.1. The van der Waals surface area contributed by atoms with E-state index >= 15 is 0 Å². The third-order valence-corrected chi connectivity index (χ3v) is 2.18. The van der Waals surface area contributed by atoms with Crippen molar-refractivity contribution >= 4 is 22.1 Å². The largest absolute Gasteiger partial charge is 0.503 e. The summed E-state index contributed by atoms with van der Waals surface area (Å²) in [5.41, 5.74) is 0.772. The molecule has 0 unspecified atom stereocenters. The summed E-state index contributed by atoms with van der Waals surface area (Å²) >= 11 is 3.20. The fraction of sp³-hybridized carbons (Fsp3) is 0.222. The van der Waals surface area contributed by atoms with Crippen LogP contribution in [0.15, 0.2) is 21.8 Å². The topological polar surface area (TPSA) is 51.0 Å². The van der Waals surface area contributed by atoms with Gasteiger partial charge in [-0.1, -0.05) is 5.16 Å². The van der Waals surface area contributed by atoms with Gasteiger partial charge in [0, 0.05) is 5.56 Å². The van der Waals surface area contributed by atoms with E-state index in [0.717, 1.165) is 5.56 Å². The van der Waals surface area contributed by atoms with Gasteiger partial charge in [0.25, 0.3) is 0 Å². The lowest BCUT2D eigenvalue weighted by Crippen LogP contribution is -1.88. The molecule has 0 aliphatic heterocycles. The molecule has 0 radical (unpaired) electrons. The van der Waals surface area contributed by atoms with Crippen molar-refractivity contribution in [3.05, 3.63) is 22.2 Å². The number of rotatable bonds is 3. The average molecular weight is 260 g/mol. The maximum atomic E-state index is 9.50. The van der Waals surface area contributed by atoms with Crippen LogP contribution in [0.2, 0.25) is 0 Å². The second-order valence-electron chi connectivity index (χ2n) is 2.47. The molecular weight excluding hydrogens is 250 g/mol. The van der Waals surface area contributed by atoms with Crippen LogP contribution in [-0.2, 0) is 4.84 Å². The predicted molar refractivity (Wildman–Crippen MR) is 57.0 cm³/mol. The standard InChI is InChI=1S/C9H10BrNO3/c1-13-8-4-6(5-11-14-2)3-7(10)9(8)12/h3-5,12H,1-2H3/b11-5-. The van der Waals surface area contributed by atoms with Gasteiger partial charge in [-0.3, -0.25) is 0 Å². The van der Waals surface area contributed by atoms with Crippen LogP contribution in [0.25, 0.3) is 0 Å². The van der Waals surface area contributed by atoms with Crippen molar-refractivity contribution in [3.8, 4) is 11.5 Å². The molecule has 0 aliphatic carbocycles. The molecule has 0 aliphatic rings. The molecule has 4 nitrogen and oxygen atoms in total. The van der Waals surface area contributed by atoms with E-state index < -0.39 is 0 Å². The van der Waals surface area contributed by atoms with Gasteiger partial charge in [0.05, 0.1) is 17.8 Å². The molecule has 1 N–H and O–H groups in total. The molecule has 1 aromatic rings. The second kappa shape index (κ2) is 4.85. The van der Waals surface area contributed by atoms with Crippen molar-refractivity contribution in [2.75, 3.05) is 14.2 Å². The Morgan fingerprint density at radius 2 is 2.14 bits per heavy atom. The molecule has 5 heteroatoms. The number of ether oxygens (including phenoxy) is 1. The highest BCUT2D eigenvalue weighted by molar-refractivity contribution is 9.10. The molecule has 14 heavy (non-hydrogen) atoms. The Morgan fingerprint density at radius 3 is 2.71 bits per heavy atom. The highest BCUT2D eigenvalue weighted by Crippen LogP contribution is 2.34. The Bertz CT molecular complexity index is 352. The van der Waals surface area contributed by atoms with Crippen LogP contribution in [0.3, 0.4) is 0 Å². The number of nitrogens with zero attached hydrogens (tertiary/aromatic N) is 1. The molecule has 0 spiro atoms. The summed E-state index contributed by atoms with van der Waals surface area (Å²) in [6.07, 6.45) is 1.52. The monoisotopic (exact) mass is 259 g/mol. The zero-order valence-corrected chi connectivity index (χ0v) is 9.41. The van der Waals surface area contributed by atoms with Gasteiger partial charge in [-0.05, 0) is 28.1 Å². The summed E-state index contributed by atoms with van der Waals surface area (Å²) < 4.78 is 5.51. The first-order chi connectivity index (χ1) is 6.69. The second-order valence-corrected chi connectivity index (χ2v) is 3.33. The smallest absolute Gasteiger partial charge is 0.172 e. The summed E-state index contributed by atoms with van der Waals surface area (Å²) in [6, 6.07) is 3.36. The van der Waals surface area contributed by atoms with Crippen molar-refractivity contribution in [1.82, 2.24) is 0 Å². The Balaban J connectivity index is 3.09. The van der Waals surface area contributed by atoms with Crippen molar-refractivity contribution in [3.63, 3.8) is 0 Å². The summed E-state index contributed by atoms with van der Waals surface area (Å²) in [7, 11) is 2.95. The normalized spacial score (nSPS) is 10.5. The first-order valence-electron chi connectivity index (χ1n) is 3.82. The lowest BCUT2D eigenvalue weighted by molar-refractivity contribution is 0.215. The summed E-state index contributed by atoms with van der Waals surface area (Å²) in [6.45, 7) is 0. The molecular formula is C9H10BrNO3. The van der Waals surface area contributed by atoms with Gasteiger partial charge in [-0.2, -0.15) is 0 Å². The van der Waals surface area contributed by atoms with E-state index in [0.29, 0.717) is 10.2 Å². The highest BCUT2D eigenvalue weighted by atomic mass is 79.9. The average Bonchev–Trinajstić information content (AvgIpc) is 2.19.